The Hall–Kier alpha value is -7.63. The van der Waals surface area contributed by atoms with Crippen molar-refractivity contribution >= 4 is 46.2 Å². The molecule has 6 aromatic rings. The number of unbranched alkanes of at least 4 members (excludes halogenated alkanes) is 2. The van der Waals surface area contributed by atoms with Crippen LogP contribution in [0.1, 0.15) is 102 Å². The molecule has 4 aromatic carbocycles. The fourth-order valence-electron chi connectivity index (χ4n) is 9.56. The SMILES string of the molecule is N=c1c2c(-c3ccccc3)c(-c3ccccc3)n(Cc3cccc(C#CCCCCC(N)=NCCNc4cccc5c4C(=O)N(C4CCC(=O)NC4=O)C5=O)c3)c2ncn1C1CCC(O)CC1. The number of aromatic nitrogens is 3. The minimum Gasteiger partial charge on any atom is -0.393 e. The van der Waals surface area contributed by atoms with Crippen molar-refractivity contribution in [2.45, 2.75) is 88.9 Å². The van der Waals surface area contributed by atoms with Crippen LogP contribution in [0.3, 0.4) is 0 Å². The third-order valence-corrected chi connectivity index (χ3v) is 12.9. The van der Waals surface area contributed by atoms with Crippen LogP contribution in [0.25, 0.3) is 33.4 Å². The molecular weight excluding hydrogens is 843 g/mol. The largest absolute Gasteiger partial charge is 0.393 e. The number of aliphatic hydroxyl groups excluding tert-OH is 1. The fourth-order valence-corrected chi connectivity index (χ4v) is 9.56. The predicted molar refractivity (Wildman–Crippen MR) is 257 cm³/mol. The predicted octanol–water partition coefficient (Wildman–Crippen LogP) is 6.96. The van der Waals surface area contributed by atoms with E-state index in [1.807, 2.05) is 59.4 Å². The maximum absolute atomic E-state index is 13.4. The van der Waals surface area contributed by atoms with Crippen LogP contribution >= 0.6 is 0 Å². The van der Waals surface area contributed by atoms with Crippen LogP contribution in [0.5, 0.6) is 0 Å². The highest BCUT2D eigenvalue weighted by atomic mass is 16.3. The molecule has 0 bridgehead atoms. The van der Waals surface area contributed by atoms with Gasteiger partial charge < -0.3 is 25.3 Å². The van der Waals surface area contributed by atoms with Gasteiger partial charge in [0, 0.05) is 55.2 Å². The zero-order valence-electron chi connectivity index (χ0n) is 37.2. The van der Waals surface area contributed by atoms with Crippen molar-refractivity contribution in [2.75, 3.05) is 18.4 Å². The number of aliphatic imine (C=N–C) groups is 1. The van der Waals surface area contributed by atoms with Gasteiger partial charge in [0.05, 0.1) is 47.0 Å². The van der Waals surface area contributed by atoms with E-state index >= 15 is 0 Å². The number of nitrogens with two attached hydrogens (primary N) is 1. The van der Waals surface area contributed by atoms with Gasteiger partial charge in [0.15, 0.2) is 0 Å². The molecule has 1 atom stereocenters. The second kappa shape index (κ2) is 19.9. The summed E-state index contributed by atoms with van der Waals surface area (Å²) in [7, 11) is 0. The molecule has 3 aliphatic rings. The van der Waals surface area contributed by atoms with Crippen molar-refractivity contribution in [3.63, 3.8) is 0 Å². The highest BCUT2D eigenvalue weighted by Crippen LogP contribution is 2.40. The number of benzene rings is 4. The Morgan fingerprint density at radius 3 is 2.37 bits per heavy atom. The van der Waals surface area contributed by atoms with Crippen LogP contribution in [-0.2, 0) is 16.1 Å². The third-order valence-electron chi connectivity index (χ3n) is 12.9. The Balaban J connectivity index is 0.836. The molecule has 14 heteroatoms. The average molecular weight is 896 g/mol. The molecule has 1 aliphatic carbocycles. The highest BCUT2D eigenvalue weighted by molar-refractivity contribution is 6.25. The van der Waals surface area contributed by atoms with Crippen LogP contribution in [-0.4, -0.2) is 78.8 Å². The molecule has 1 saturated heterocycles. The number of carbonyl (C=O) groups is 4. The number of nitrogens with one attached hydrogen (secondary N) is 3. The third kappa shape index (κ3) is 9.41. The normalized spacial score (nSPS) is 18.4. The van der Waals surface area contributed by atoms with E-state index in [0.717, 1.165) is 75.1 Å². The summed E-state index contributed by atoms with van der Waals surface area (Å²) in [5, 5.41) is 26.1. The number of hydrogen-bond acceptors (Lipinski definition) is 9. The van der Waals surface area contributed by atoms with Crippen LogP contribution < -0.4 is 21.9 Å². The van der Waals surface area contributed by atoms with Gasteiger partial charge in [0.25, 0.3) is 11.8 Å². The average Bonchev–Trinajstić information content (AvgIpc) is 3.80. The van der Waals surface area contributed by atoms with Gasteiger partial charge in [0.2, 0.25) is 11.8 Å². The monoisotopic (exact) mass is 895 g/mol. The molecule has 14 nitrogen and oxygen atoms in total. The molecule has 340 valence electrons. The van der Waals surface area contributed by atoms with Gasteiger partial charge in [-0.05, 0) is 85.9 Å². The number of fused-ring (bicyclic) bond motifs is 2. The van der Waals surface area contributed by atoms with Crippen LogP contribution in [0.2, 0.25) is 0 Å². The van der Waals surface area contributed by atoms with Gasteiger partial charge in [0.1, 0.15) is 17.2 Å². The summed E-state index contributed by atoms with van der Waals surface area (Å²) in [5.41, 5.74) is 14.4. The van der Waals surface area contributed by atoms with Gasteiger partial charge >= 0.3 is 0 Å². The zero-order chi connectivity index (χ0) is 46.4. The van der Waals surface area contributed by atoms with Crippen LogP contribution in [0, 0.1) is 17.3 Å². The van der Waals surface area contributed by atoms with Gasteiger partial charge in [-0.25, -0.2) is 4.98 Å². The van der Waals surface area contributed by atoms with E-state index in [1.54, 1.807) is 18.2 Å². The molecule has 2 fully saturated rings. The summed E-state index contributed by atoms with van der Waals surface area (Å²) in [6, 6.07) is 32.9. The first-order chi connectivity index (χ1) is 32.7. The summed E-state index contributed by atoms with van der Waals surface area (Å²) < 4.78 is 4.25. The van der Waals surface area contributed by atoms with Gasteiger partial charge in [-0.3, -0.25) is 39.8 Å². The number of amidine groups is 1. The lowest BCUT2D eigenvalue weighted by Crippen LogP contribution is -2.54. The molecule has 1 unspecified atom stereocenters. The lowest BCUT2D eigenvalue weighted by atomic mass is 9.93. The molecule has 67 heavy (non-hydrogen) atoms. The molecule has 6 N–H and O–H groups in total. The minimum atomic E-state index is -1.03. The van der Waals surface area contributed by atoms with E-state index in [1.165, 1.54) is 0 Å². The van der Waals surface area contributed by atoms with E-state index in [9.17, 15) is 29.7 Å². The number of rotatable bonds is 14. The Morgan fingerprint density at radius 2 is 1.61 bits per heavy atom. The first kappa shape index (κ1) is 44.6. The van der Waals surface area contributed by atoms with E-state index in [4.69, 9.17) is 10.7 Å². The molecule has 0 spiro atoms. The number of nitrogens with zero attached hydrogens (tertiary/aromatic N) is 5. The van der Waals surface area contributed by atoms with Crippen molar-refractivity contribution in [1.29, 1.82) is 5.41 Å². The minimum absolute atomic E-state index is 0.0574. The first-order valence-electron chi connectivity index (χ1n) is 23.1. The van der Waals surface area contributed by atoms with Gasteiger partial charge in [-0.2, -0.15) is 0 Å². The molecule has 2 aromatic heterocycles. The fraction of sp³-hybridized carbons (Fsp3) is 0.302. The molecule has 2 aliphatic heterocycles. The van der Waals surface area contributed by atoms with Crippen LogP contribution in [0.15, 0.2) is 114 Å². The van der Waals surface area contributed by atoms with E-state index in [2.05, 4.69) is 68.4 Å². The maximum atomic E-state index is 13.4. The molecule has 9 rings (SSSR count). The van der Waals surface area contributed by atoms with Crippen molar-refractivity contribution in [1.82, 2.24) is 24.3 Å². The Morgan fingerprint density at radius 1 is 0.866 bits per heavy atom. The van der Waals surface area contributed by atoms with Gasteiger partial charge in [-0.15, -0.1) is 0 Å². The number of imide groups is 2. The quantitative estimate of drug-likeness (QED) is 0.0254. The van der Waals surface area contributed by atoms with Crippen molar-refractivity contribution in [3.05, 3.63) is 137 Å². The Labute approximate surface area is 388 Å². The standard InChI is InChI=1S/C53H53N9O5/c54-43(57-30-29-56-41-21-12-20-40-46(41)53(67)62(52(40)66)42-27-28-44(64)59-51(42)65)22-10-2-1-5-13-34-14-11-15-35(31-34)32-60-48(37-18-8-4-9-19-37)45(36-16-6-3-7-17-36)47-49(55)61(33-58-50(47)60)38-23-25-39(63)26-24-38/h3-4,6-9,11-12,14-21,31,33,38-39,42,55-56,63H,1-2,10,22-30,32H2,(H2,54,57)(H,59,64,65). The van der Waals surface area contributed by atoms with E-state index in [0.29, 0.717) is 62.3 Å². The van der Waals surface area contributed by atoms with Crippen molar-refractivity contribution in [2.24, 2.45) is 10.7 Å². The van der Waals surface area contributed by atoms with E-state index < -0.39 is 29.7 Å². The lowest BCUT2D eigenvalue weighted by molar-refractivity contribution is -0.136. The number of aliphatic hydroxyl groups is 1. The topological polar surface area (TPSA) is 201 Å². The molecule has 4 amide bonds. The lowest BCUT2D eigenvalue weighted by Gasteiger charge is -2.27. The summed E-state index contributed by atoms with van der Waals surface area (Å²) in [5.74, 6) is 5.04. The van der Waals surface area contributed by atoms with E-state index in [-0.39, 0.29) is 36.1 Å². The zero-order valence-corrected chi connectivity index (χ0v) is 37.2. The summed E-state index contributed by atoms with van der Waals surface area (Å²) >= 11 is 0. The molecule has 1 saturated carbocycles. The van der Waals surface area contributed by atoms with Crippen molar-refractivity contribution in [3.8, 4) is 34.2 Å². The summed E-state index contributed by atoms with van der Waals surface area (Å²) in [6.07, 6.45) is 7.69. The number of anilines is 1. The molecular formula is C53H53N9O5. The smallest absolute Gasteiger partial charge is 0.264 e. The second-order valence-electron chi connectivity index (χ2n) is 17.4. The number of hydrogen-bond donors (Lipinski definition) is 5. The van der Waals surface area contributed by atoms with Crippen LogP contribution in [0.4, 0.5) is 5.69 Å². The van der Waals surface area contributed by atoms with Crippen molar-refractivity contribution < 1.29 is 24.3 Å². The molecule has 4 heterocycles. The summed E-state index contributed by atoms with van der Waals surface area (Å²) in [4.78, 5) is 61.2. The highest BCUT2D eigenvalue weighted by Gasteiger charge is 2.45. The maximum Gasteiger partial charge on any atom is 0.264 e. The Bertz CT molecular complexity index is 3010. The second-order valence-corrected chi connectivity index (χ2v) is 17.4. The first-order valence-corrected chi connectivity index (χ1v) is 23.1. The number of piperidine rings is 1. The summed E-state index contributed by atoms with van der Waals surface area (Å²) in [6.45, 7) is 1.26. The number of amides is 4. The molecule has 0 radical (unpaired) electrons. The Kier molecular flexibility index (Phi) is 13.2. The van der Waals surface area contributed by atoms with Gasteiger partial charge in [-0.1, -0.05) is 90.7 Å². The number of carbonyl (C=O) groups excluding carboxylic acids is 4.